The van der Waals surface area contributed by atoms with Crippen molar-refractivity contribution in [3.05, 3.63) is 65.7 Å². The van der Waals surface area contributed by atoms with Crippen LogP contribution in [-0.4, -0.2) is 64.0 Å². The van der Waals surface area contributed by atoms with Crippen molar-refractivity contribution in [2.45, 2.75) is 11.8 Å². The van der Waals surface area contributed by atoms with Gasteiger partial charge in [-0.3, -0.25) is 4.79 Å². The highest BCUT2D eigenvalue weighted by Gasteiger charge is 2.25. The quantitative estimate of drug-likeness (QED) is 0.323. The Labute approximate surface area is 187 Å². The van der Waals surface area contributed by atoms with Crippen LogP contribution in [0, 0.1) is 0 Å². The normalized spacial score (nSPS) is 14.9. The van der Waals surface area contributed by atoms with Crippen molar-refractivity contribution >= 4 is 27.9 Å². The molecule has 1 fully saturated rings. The van der Waals surface area contributed by atoms with Crippen LogP contribution in [0.2, 0.25) is 0 Å². The summed E-state index contributed by atoms with van der Waals surface area (Å²) in [4.78, 5) is 24.3. The van der Waals surface area contributed by atoms with Crippen LogP contribution in [0.3, 0.4) is 0 Å². The van der Waals surface area contributed by atoms with Crippen molar-refractivity contribution in [3.8, 4) is 5.75 Å². The van der Waals surface area contributed by atoms with E-state index in [2.05, 4.69) is 0 Å². The first-order chi connectivity index (χ1) is 15.4. The number of ether oxygens (including phenoxy) is 3. The predicted octanol–water partition coefficient (Wildman–Crippen LogP) is 2.55. The Hall–Kier alpha value is -3.01. The molecule has 170 valence electrons. The van der Waals surface area contributed by atoms with Gasteiger partial charge in [0.15, 0.2) is 12.4 Å². The van der Waals surface area contributed by atoms with E-state index < -0.39 is 16.0 Å². The minimum absolute atomic E-state index is 0.181. The van der Waals surface area contributed by atoms with Crippen LogP contribution >= 0.6 is 0 Å². The zero-order valence-corrected chi connectivity index (χ0v) is 18.5. The molecule has 2 aromatic rings. The number of morpholine rings is 1. The molecule has 32 heavy (non-hydrogen) atoms. The van der Waals surface area contributed by atoms with E-state index in [1.807, 2.05) is 6.92 Å². The summed E-state index contributed by atoms with van der Waals surface area (Å²) in [5.41, 5.74) is 1.04. The molecule has 3 rings (SSSR count). The van der Waals surface area contributed by atoms with Gasteiger partial charge in [0.25, 0.3) is 0 Å². The summed E-state index contributed by atoms with van der Waals surface area (Å²) in [7, 11) is -3.57. The first-order valence-electron chi connectivity index (χ1n) is 10.2. The lowest BCUT2D eigenvalue weighted by Crippen LogP contribution is -2.40. The van der Waals surface area contributed by atoms with Crippen LogP contribution in [0.4, 0.5) is 0 Å². The maximum absolute atomic E-state index is 12.6. The zero-order valence-electron chi connectivity index (χ0n) is 17.7. The van der Waals surface area contributed by atoms with Gasteiger partial charge in [-0.1, -0.05) is 12.1 Å². The topological polar surface area (TPSA) is 99.2 Å². The Morgan fingerprint density at radius 2 is 1.69 bits per heavy atom. The summed E-state index contributed by atoms with van der Waals surface area (Å²) in [6.07, 6.45) is 2.69. The Kier molecular flexibility index (Phi) is 8.15. The van der Waals surface area contributed by atoms with E-state index in [9.17, 15) is 18.0 Å². The first kappa shape index (κ1) is 23.6. The van der Waals surface area contributed by atoms with E-state index in [0.29, 0.717) is 49.8 Å². The standard InChI is InChI=1S/C23H25NO7S/c1-2-30-20-8-6-19(7-9-20)22(25)17-31-23(26)12-5-18-3-10-21(11-4-18)32(27,28)24-13-15-29-16-14-24/h3-12H,2,13-17H2,1H3/b12-5+. The fourth-order valence-corrected chi connectivity index (χ4v) is 4.43. The third kappa shape index (κ3) is 6.25. The molecule has 0 radical (unpaired) electrons. The second kappa shape index (κ2) is 11.0. The Bertz CT molecular complexity index is 1050. The molecule has 0 atom stereocenters. The molecule has 0 aromatic heterocycles. The maximum atomic E-state index is 12.6. The lowest BCUT2D eigenvalue weighted by atomic mass is 10.1. The first-order valence-corrected chi connectivity index (χ1v) is 11.6. The summed E-state index contributed by atoms with van der Waals surface area (Å²) in [5.74, 6) is -0.338. The summed E-state index contributed by atoms with van der Waals surface area (Å²) < 4.78 is 42.1. The SMILES string of the molecule is CCOc1ccc(C(=O)COC(=O)/C=C/c2ccc(S(=O)(=O)N3CCOCC3)cc2)cc1. The lowest BCUT2D eigenvalue weighted by molar-refractivity contribution is -0.136. The number of Topliss-reactive ketones (excluding diaryl/α,β-unsaturated/α-hetero) is 1. The number of hydrogen-bond acceptors (Lipinski definition) is 7. The van der Waals surface area contributed by atoms with Crippen molar-refractivity contribution in [2.75, 3.05) is 39.5 Å². The van der Waals surface area contributed by atoms with E-state index in [1.165, 1.54) is 28.6 Å². The highest BCUT2D eigenvalue weighted by Crippen LogP contribution is 2.18. The van der Waals surface area contributed by atoms with Crippen molar-refractivity contribution in [1.29, 1.82) is 0 Å². The van der Waals surface area contributed by atoms with E-state index in [4.69, 9.17) is 14.2 Å². The van der Waals surface area contributed by atoms with Crippen LogP contribution < -0.4 is 4.74 Å². The van der Waals surface area contributed by atoms with E-state index >= 15 is 0 Å². The molecule has 8 nitrogen and oxygen atoms in total. The lowest BCUT2D eigenvalue weighted by Gasteiger charge is -2.26. The van der Waals surface area contributed by atoms with Gasteiger partial charge in [-0.05, 0) is 55.0 Å². The van der Waals surface area contributed by atoms with Crippen LogP contribution in [0.15, 0.2) is 59.5 Å². The van der Waals surface area contributed by atoms with Gasteiger partial charge < -0.3 is 14.2 Å². The third-order valence-corrected chi connectivity index (χ3v) is 6.65. The zero-order chi connectivity index (χ0) is 23.0. The van der Waals surface area contributed by atoms with Crippen LogP contribution in [0.25, 0.3) is 6.08 Å². The molecule has 0 bridgehead atoms. The molecule has 0 amide bonds. The highest BCUT2D eigenvalue weighted by molar-refractivity contribution is 7.89. The molecular weight excluding hydrogens is 434 g/mol. The Morgan fingerprint density at radius 1 is 1.03 bits per heavy atom. The third-order valence-electron chi connectivity index (χ3n) is 4.73. The van der Waals surface area contributed by atoms with Gasteiger partial charge in [0.2, 0.25) is 10.0 Å². The molecule has 0 saturated carbocycles. The van der Waals surface area contributed by atoms with Gasteiger partial charge in [-0.25, -0.2) is 13.2 Å². The number of benzene rings is 2. The molecule has 1 aliphatic heterocycles. The number of nitrogens with zero attached hydrogens (tertiary/aromatic N) is 1. The Morgan fingerprint density at radius 3 is 2.31 bits per heavy atom. The fourth-order valence-electron chi connectivity index (χ4n) is 3.02. The smallest absolute Gasteiger partial charge is 0.331 e. The van der Waals surface area contributed by atoms with Gasteiger partial charge in [-0.2, -0.15) is 4.31 Å². The number of esters is 1. The molecule has 0 unspecified atom stereocenters. The molecular formula is C23H25NO7S. The largest absolute Gasteiger partial charge is 0.494 e. The van der Waals surface area contributed by atoms with Crippen molar-refractivity contribution in [2.24, 2.45) is 0 Å². The van der Waals surface area contributed by atoms with Gasteiger partial charge in [-0.15, -0.1) is 0 Å². The molecule has 9 heteroatoms. The number of rotatable bonds is 9. The molecule has 1 aliphatic rings. The van der Waals surface area contributed by atoms with Crippen molar-refractivity contribution in [1.82, 2.24) is 4.31 Å². The summed E-state index contributed by atoms with van der Waals surface area (Å²) >= 11 is 0. The fraction of sp³-hybridized carbons (Fsp3) is 0.304. The van der Waals surface area contributed by atoms with E-state index in [0.717, 1.165) is 0 Å². The molecule has 1 heterocycles. The maximum Gasteiger partial charge on any atom is 0.331 e. The number of ketones is 1. The minimum atomic E-state index is -3.57. The summed E-state index contributed by atoms with van der Waals surface area (Å²) in [6.45, 7) is 3.42. The monoisotopic (exact) mass is 459 g/mol. The van der Waals surface area contributed by atoms with Crippen LogP contribution in [0.1, 0.15) is 22.8 Å². The number of sulfonamides is 1. The van der Waals surface area contributed by atoms with Crippen LogP contribution in [-0.2, 0) is 24.3 Å². The van der Waals surface area contributed by atoms with E-state index in [1.54, 1.807) is 36.4 Å². The minimum Gasteiger partial charge on any atom is -0.494 e. The van der Waals surface area contributed by atoms with Gasteiger partial charge >= 0.3 is 5.97 Å². The highest BCUT2D eigenvalue weighted by atomic mass is 32.2. The van der Waals surface area contributed by atoms with Crippen molar-refractivity contribution in [3.63, 3.8) is 0 Å². The molecule has 0 spiro atoms. The molecule has 0 N–H and O–H groups in total. The number of carbonyl (C=O) groups excluding carboxylic acids is 2. The molecule has 2 aromatic carbocycles. The average molecular weight is 460 g/mol. The van der Waals surface area contributed by atoms with Crippen molar-refractivity contribution < 1.29 is 32.2 Å². The summed E-state index contributed by atoms with van der Waals surface area (Å²) in [5, 5.41) is 0. The molecule has 0 aliphatic carbocycles. The van der Waals surface area contributed by atoms with Gasteiger partial charge in [0, 0.05) is 24.7 Å². The second-order valence-electron chi connectivity index (χ2n) is 6.91. The number of carbonyl (C=O) groups is 2. The predicted molar refractivity (Wildman–Crippen MR) is 118 cm³/mol. The Balaban J connectivity index is 1.52. The summed E-state index contributed by atoms with van der Waals surface area (Å²) in [6, 6.07) is 12.8. The van der Waals surface area contributed by atoms with Gasteiger partial charge in [0.05, 0.1) is 24.7 Å². The molecule has 1 saturated heterocycles. The second-order valence-corrected chi connectivity index (χ2v) is 8.85. The van der Waals surface area contributed by atoms with E-state index in [-0.39, 0.29) is 17.3 Å². The van der Waals surface area contributed by atoms with Gasteiger partial charge in [0.1, 0.15) is 5.75 Å². The van der Waals surface area contributed by atoms with Crippen LogP contribution in [0.5, 0.6) is 5.75 Å². The number of hydrogen-bond donors (Lipinski definition) is 0. The average Bonchev–Trinajstić information content (AvgIpc) is 2.82.